The minimum Gasteiger partial charge on any atom is -0.399 e. The molecule has 3 nitrogen and oxygen atoms in total. The molecular formula is C12H17N3. The van der Waals surface area contributed by atoms with Crippen LogP contribution < -0.4 is 5.73 Å². The molecule has 0 bridgehead atoms. The smallest absolute Gasteiger partial charge is 0.0568 e. The van der Waals surface area contributed by atoms with Crippen molar-refractivity contribution in [2.75, 3.05) is 5.73 Å². The summed E-state index contributed by atoms with van der Waals surface area (Å²) in [6.45, 7) is 4.00. The Morgan fingerprint density at radius 1 is 1.07 bits per heavy atom. The number of nitrogen functional groups attached to an aromatic ring is 1. The Labute approximate surface area is 90.5 Å². The van der Waals surface area contributed by atoms with Gasteiger partial charge in [-0.2, -0.15) is 5.10 Å². The molecule has 0 aliphatic heterocycles. The third-order valence-electron chi connectivity index (χ3n) is 1.95. The molecule has 1 aromatic heterocycles. The Morgan fingerprint density at radius 2 is 1.67 bits per heavy atom. The highest BCUT2D eigenvalue weighted by molar-refractivity contribution is 5.63. The summed E-state index contributed by atoms with van der Waals surface area (Å²) in [6.07, 6.45) is 3.82. The highest BCUT2D eigenvalue weighted by Crippen LogP contribution is 2.18. The van der Waals surface area contributed by atoms with E-state index in [-0.39, 0.29) is 0 Å². The first-order valence-corrected chi connectivity index (χ1v) is 5.10. The average Bonchev–Trinajstić information content (AvgIpc) is 2.69. The SMILES string of the molecule is CC.Cn1cc(-c2ccc(N)cc2)cn1. The number of nitrogens with two attached hydrogens (primary N) is 1. The van der Waals surface area contributed by atoms with Gasteiger partial charge < -0.3 is 5.73 Å². The normalized spacial score (nSPS) is 9.27. The Kier molecular flexibility index (Phi) is 3.92. The predicted octanol–water partition coefficient (Wildman–Crippen LogP) is 2.70. The van der Waals surface area contributed by atoms with Crippen molar-refractivity contribution in [1.82, 2.24) is 9.78 Å². The lowest BCUT2D eigenvalue weighted by Gasteiger charge is -1.96. The van der Waals surface area contributed by atoms with Gasteiger partial charge in [-0.1, -0.05) is 26.0 Å². The van der Waals surface area contributed by atoms with E-state index in [0.717, 1.165) is 16.8 Å². The number of nitrogens with zero attached hydrogens (tertiary/aromatic N) is 2. The third kappa shape index (κ3) is 2.84. The molecule has 15 heavy (non-hydrogen) atoms. The van der Waals surface area contributed by atoms with Gasteiger partial charge in [0.2, 0.25) is 0 Å². The second-order valence-corrected chi connectivity index (χ2v) is 3.02. The summed E-state index contributed by atoms with van der Waals surface area (Å²) in [5.74, 6) is 0. The molecule has 0 aliphatic carbocycles. The lowest BCUT2D eigenvalue weighted by molar-refractivity contribution is 0.768. The van der Waals surface area contributed by atoms with E-state index in [1.807, 2.05) is 57.6 Å². The fraction of sp³-hybridized carbons (Fsp3) is 0.250. The minimum absolute atomic E-state index is 0.785. The van der Waals surface area contributed by atoms with Gasteiger partial charge in [0.1, 0.15) is 0 Å². The Morgan fingerprint density at radius 3 is 2.13 bits per heavy atom. The number of aryl methyl sites for hydroxylation is 1. The summed E-state index contributed by atoms with van der Waals surface area (Å²) < 4.78 is 1.78. The first-order chi connectivity index (χ1) is 7.25. The molecule has 0 atom stereocenters. The third-order valence-corrected chi connectivity index (χ3v) is 1.95. The van der Waals surface area contributed by atoms with Crippen molar-refractivity contribution < 1.29 is 0 Å². The number of hydrogen-bond acceptors (Lipinski definition) is 2. The summed E-state index contributed by atoms with van der Waals surface area (Å²) in [5.41, 5.74) is 8.63. The van der Waals surface area contributed by atoms with Crippen LogP contribution >= 0.6 is 0 Å². The van der Waals surface area contributed by atoms with Crippen LogP contribution in [-0.4, -0.2) is 9.78 Å². The van der Waals surface area contributed by atoms with E-state index in [1.54, 1.807) is 4.68 Å². The number of benzene rings is 1. The maximum absolute atomic E-state index is 5.59. The van der Waals surface area contributed by atoms with Gasteiger partial charge in [0.05, 0.1) is 6.20 Å². The van der Waals surface area contributed by atoms with E-state index in [1.165, 1.54) is 0 Å². The molecule has 0 fully saturated rings. The number of rotatable bonds is 1. The Hall–Kier alpha value is -1.77. The molecule has 0 spiro atoms. The summed E-state index contributed by atoms with van der Waals surface area (Å²) in [7, 11) is 1.90. The van der Waals surface area contributed by atoms with E-state index >= 15 is 0 Å². The van der Waals surface area contributed by atoms with Gasteiger partial charge in [0.15, 0.2) is 0 Å². The van der Waals surface area contributed by atoms with Crippen LogP contribution in [0.4, 0.5) is 5.69 Å². The van der Waals surface area contributed by atoms with E-state index in [4.69, 9.17) is 5.73 Å². The summed E-state index contributed by atoms with van der Waals surface area (Å²) in [5, 5.41) is 4.10. The maximum atomic E-state index is 5.59. The van der Waals surface area contributed by atoms with Gasteiger partial charge >= 0.3 is 0 Å². The van der Waals surface area contributed by atoms with Gasteiger partial charge in [-0.15, -0.1) is 0 Å². The van der Waals surface area contributed by atoms with E-state index in [2.05, 4.69) is 5.10 Å². The molecule has 1 heterocycles. The quantitative estimate of drug-likeness (QED) is 0.724. The predicted molar refractivity (Wildman–Crippen MR) is 64.4 cm³/mol. The molecule has 0 saturated carbocycles. The molecule has 3 heteroatoms. The van der Waals surface area contributed by atoms with Crippen LogP contribution in [-0.2, 0) is 7.05 Å². The van der Waals surface area contributed by atoms with Crippen molar-refractivity contribution in [3.63, 3.8) is 0 Å². The van der Waals surface area contributed by atoms with Crippen LogP contribution in [0.1, 0.15) is 13.8 Å². The fourth-order valence-electron chi connectivity index (χ4n) is 1.25. The van der Waals surface area contributed by atoms with E-state index in [0.29, 0.717) is 0 Å². The molecule has 1 aromatic carbocycles. The average molecular weight is 203 g/mol. The van der Waals surface area contributed by atoms with Crippen LogP contribution in [0.2, 0.25) is 0 Å². The lowest BCUT2D eigenvalue weighted by atomic mass is 10.1. The largest absolute Gasteiger partial charge is 0.399 e. The van der Waals surface area contributed by atoms with Crippen molar-refractivity contribution in [2.24, 2.45) is 7.05 Å². The maximum Gasteiger partial charge on any atom is 0.0568 e. The lowest BCUT2D eigenvalue weighted by Crippen LogP contribution is -1.84. The van der Waals surface area contributed by atoms with Gasteiger partial charge in [-0.3, -0.25) is 4.68 Å². The molecular weight excluding hydrogens is 186 g/mol. The second-order valence-electron chi connectivity index (χ2n) is 3.02. The first kappa shape index (κ1) is 11.3. The van der Waals surface area contributed by atoms with Crippen molar-refractivity contribution in [2.45, 2.75) is 13.8 Å². The van der Waals surface area contributed by atoms with Crippen molar-refractivity contribution in [3.05, 3.63) is 36.7 Å². The number of aromatic nitrogens is 2. The van der Waals surface area contributed by atoms with E-state index in [9.17, 15) is 0 Å². The standard InChI is InChI=1S/C10H11N3.C2H6/c1-13-7-9(6-12-13)8-2-4-10(11)5-3-8;1-2/h2-7H,11H2,1H3;1-2H3. The van der Waals surface area contributed by atoms with Gasteiger partial charge in [-0.05, 0) is 17.7 Å². The molecule has 2 N–H and O–H groups in total. The van der Waals surface area contributed by atoms with Gasteiger partial charge in [0.25, 0.3) is 0 Å². The van der Waals surface area contributed by atoms with Crippen LogP contribution in [0.3, 0.4) is 0 Å². The van der Waals surface area contributed by atoms with Crippen LogP contribution in [0.5, 0.6) is 0 Å². The number of hydrogen-bond donors (Lipinski definition) is 1. The van der Waals surface area contributed by atoms with E-state index < -0.39 is 0 Å². The zero-order valence-corrected chi connectivity index (χ0v) is 9.44. The minimum atomic E-state index is 0.785. The zero-order chi connectivity index (χ0) is 11.3. The molecule has 0 radical (unpaired) electrons. The molecule has 2 rings (SSSR count). The van der Waals surface area contributed by atoms with Crippen LogP contribution in [0.25, 0.3) is 11.1 Å². The summed E-state index contributed by atoms with van der Waals surface area (Å²) in [4.78, 5) is 0. The zero-order valence-electron chi connectivity index (χ0n) is 9.44. The molecule has 0 unspecified atom stereocenters. The number of anilines is 1. The van der Waals surface area contributed by atoms with Crippen molar-refractivity contribution in [3.8, 4) is 11.1 Å². The second kappa shape index (κ2) is 5.20. The summed E-state index contributed by atoms with van der Waals surface area (Å²) >= 11 is 0. The van der Waals surface area contributed by atoms with Crippen LogP contribution in [0.15, 0.2) is 36.7 Å². The Balaban J connectivity index is 0.000000531. The fourth-order valence-corrected chi connectivity index (χ4v) is 1.25. The highest BCUT2D eigenvalue weighted by Gasteiger charge is 1.98. The van der Waals surface area contributed by atoms with Crippen molar-refractivity contribution in [1.29, 1.82) is 0 Å². The molecule has 0 aliphatic rings. The van der Waals surface area contributed by atoms with Crippen LogP contribution in [0, 0.1) is 0 Å². The highest BCUT2D eigenvalue weighted by atomic mass is 15.2. The van der Waals surface area contributed by atoms with Crippen molar-refractivity contribution >= 4 is 5.69 Å². The molecule has 80 valence electrons. The topological polar surface area (TPSA) is 43.8 Å². The monoisotopic (exact) mass is 203 g/mol. The molecule has 0 amide bonds. The molecule has 0 saturated heterocycles. The van der Waals surface area contributed by atoms with Gasteiger partial charge in [-0.25, -0.2) is 0 Å². The van der Waals surface area contributed by atoms with Gasteiger partial charge in [0, 0.05) is 24.5 Å². The summed E-state index contributed by atoms with van der Waals surface area (Å²) in [6, 6.07) is 7.77. The first-order valence-electron chi connectivity index (χ1n) is 5.10. The molecule has 2 aromatic rings. The Bertz CT molecular complexity index is 401.